The summed E-state index contributed by atoms with van der Waals surface area (Å²) in [5.41, 5.74) is 6.10. The van der Waals surface area contributed by atoms with Crippen molar-refractivity contribution in [3.63, 3.8) is 0 Å². The highest BCUT2D eigenvalue weighted by atomic mass is 32.1. The number of aryl methyl sites for hydroxylation is 2. The average molecular weight is 542 g/mol. The lowest BCUT2D eigenvalue weighted by molar-refractivity contribution is -0.111. The Balaban J connectivity index is 1.48. The lowest BCUT2D eigenvalue weighted by atomic mass is 10.0. The Hall–Kier alpha value is -4.36. The van der Waals surface area contributed by atoms with Crippen LogP contribution in [0, 0.1) is 13.8 Å². The van der Waals surface area contributed by atoms with Crippen molar-refractivity contribution in [1.29, 1.82) is 0 Å². The number of carbonyl (C=O) groups is 2. The maximum absolute atomic E-state index is 12.8. The number of thiophene rings is 1. The summed E-state index contributed by atoms with van der Waals surface area (Å²) in [6.45, 7) is 6.47. The van der Waals surface area contributed by atoms with E-state index in [1.54, 1.807) is 20.1 Å². The fourth-order valence-electron chi connectivity index (χ4n) is 3.96. The van der Waals surface area contributed by atoms with Gasteiger partial charge in [-0.05, 0) is 61.2 Å². The number of carbonyl (C=O) groups excluding carboxylic acids is 2. The van der Waals surface area contributed by atoms with Crippen molar-refractivity contribution in [3.8, 4) is 22.6 Å². The second kappa shape index (κ2) is 12.9. The van der Waals surface area contributed by atoms with Crippen molar-refractivity contribution in [3.05, 3.63) is 106 Å². The van der Waals surface area contributed by atoms with Crippen LogP contribution in [-0.2, 0) is 16.1 Å². The minimum absolute atomic E-state index is 0.238. The summed E-state index contributed by atoms with van der Waals surface area (Å²) >= 11 is 1.29. The maximum atomic E-state index is 12.8. The summed E-state index contributed by atoms with van der Waals surface area (Å²) in [6.07, 6.45) is 3.10. The van der Waals surface area contributed by atoms with Crippen LogP contribution in [0.2, 0.25) is 0 Å². The van der Waals surface area contributed by atoms with E-state index in [9.17, 15) is 9.59 Å². The molecule has 6 nitrogen and oxygen atoms in total. The van der Waals surface area contributed by atoms with Crippen LogP contribution < -0.4 is 14.8 Å². The van der Waals surface area contributed by atoms with Crippen LogP contribution >= 0.6 is 11.3 Å². The molecule has 3 aromatic carbocycles. The zero-order valence-electron chi connectivity index (χ0n) is 22.4. The van der Waals surface area contributed by atoms with E-state index in [1.165, 1.54) is 17.4 Å². The summed E-state index contributed by atoms with van der Waals surface area (Å²) in [5.74, 6) is 0.344. The van der Waals surface area contributed by atoms with Crippen LogP contribution in [0.25, 0.3) is 17.2 Å². The standard InChI is InChI=1S/C32H31NO5S/c1-5-37-32(35)30-26(24-14-10-21(2)11-15-24)20-39-31(30)33-29(34)17-13-23-12-16-27(28(18-23)36-4)38-19-25-9-7-6-8-22(25)3/h6-18,20H,5,19H2,1-4H3,(H,33,34). The van der Waals surface area contributed by atoms with Gasteiger partial charge in [0, 0.05) is 17.0 Å². The Labute approximate surface area is 232 Å². The normalized spacial score (nSPS) is 10.9. The van der Waals surface area contributed by atoms with E-state index < -0.39 is 5.97 Å². The van der Waals surface area contributed by atoms with Gasteiger partial charge in [-0.25, -0.2) is 4.79 Å². The average Bonchev–Trinajstić information content (AvgIpc) is 3.35. The van der Waals surface area contributed by atoms with Crippen LogP contribution in [-0.4, -0.2) is 25.6 Å². The van der Waals surface area contributed by atoms with E-state index in [2.05, 4.69) is 5.32 Å². The van der Waals surface area contributed by atoms with Crippen LogP contribution in [0.5, 0.6) is 11.5 Å². The molecule has 0 spiro atoms. The molecule has 0 unspecified atom stereocenters. The van der Waals surface area contributed by atoms with Crippen molar-refractivity contribution in [2.24, 2.45) is 0 Å². The molecule has 1 heterocycles. The van der Waals surface area contributed by atoms with E-state index in [0.29, 0.717) is 28.7 Å². The molecule has 39 heavy (non-hydrogen) atoms. The Kier molecular flexibility index (Phi) is 9.18. The highest BCUT2D eigenvalue weighted by Crippen LogP contribution is 2.36. The van der Waals surface area contributed by atoms with Gasteiger partial charge in [0.05, 0.1) is 13.7 Å². The summed E-state index contributed by atoms with van der Waals surface area (Å²) in [5, 5.41) is 5.14. The molecule has 0 fully saturated rings. The first kappa shape index (κ1) is 27.7. The molecule has 0 radical (unpaired) electrons. The SMILES string of the molecule is CCOC(=O)c1c(-c2ccc(C)cc2)csc1NC(=O)C=Cc1ccc(OCc2ccccc2C)c(OC)c1. The van der Waals surface area contributed by atoms with Crippen molar-refractivity contribution >= 4 is 34.3 Å². The number of ether oxygens (including phenoxy) is 3. The number of nitrogens with one attached hydrogen (secondary N) is 1. The maximum Gasteiger partial charge on any atom is 0.341 e. The third-order valence-corrected chi connectivity index (χ3v) is 7.02. The van der Waals surface area contributed by atoms with Crippen molar-refractivity contribution in [1.82, 2.24) is 0 Å². The number of benzene rings is 3. The zero-order chi connectivity index (χ0) is 27.8. The largest absolute Gasteiger partial charge is 0.493 e. The molecule has 0 aliphatic heterocycles. The molecule has 200 valence electrons. The summed E-state index contributed by atoms with van der Waals surface area (Å²) in [7, 11) is 1.58. The summed E-state index contributed by atoms with van der Waals surface area (Å²) in [6, 6.07) is 21.4. The van der Waals surface area contributed by atoms with Gasteiger partial charge >= 0.3 is 5.97 Å². The van der Waals surface area contributed by atoms with Gasteiger partial charge in [0.15, 0.2) is 11.5 Å². The van der Waals surface area contributed by atoms with Crippen LogP contribution in [0.15, 0.2) is 78.2 Å². The molecule has 0 aliphatic rings. The summed E-state index contributed by atoms with van der Waals surface area (Å²) < 4.78 is 16.8. The number of hydrogen-bond acceptors (Lipinski definition) is 6. The molecule has 1 N–H and O–H groups in total. The smallest absolute Gasteiger partial charge is 0.341 e. The third kappa shape index (κ3) is 6.94. The van der Waals surface area contributed by atoms with Gasteiger partial charge in [0.1, 0.15) is 17.2 Å². The minimum Gasteiger partial charge on any atom is -0.493 e. The van der Waals surface area contributed by atoms with E-state index in [4.69, 9.17) is 14.2 Å². The number of anilines is 1. The number of amides is 1. The van der Waals surface area contributed by atoms with Gasteiger partial charge in [-0.3, -0.25) is 4.79 Å². The molecule has 4 aromatic rings. The van der Waals surface area contributed by atoms with Crippen molar-refractivity contribution < 1.29 is 23.8 Å². The Bertz CT molecular complexity index is 1490. The predicted molar refractivity (Wildman–Crippen MR) is 157 cm³/mol. The molecular formula is C32H31NO5S. The molecule has 1 amide bonds. The minimum atomic E-state index is -0.473. The number of hydrogen-bond donors (Lipinski definition) is 1. The monoisotopic (exact) mass is 541 g/mol. The third-order valence-electron chi connectivity index (χ3n) is 6.13. The number of rotatable bonds is 10. The van der Waals surface area contributed by atoms with Crippen LogP contribution in [0.3, 0.4) is 0 Å². The van der Waals surface area contributed by atoms with E-state index in [1.807, 2.05) is 86.0 Å². The van der Waals surface area contributed by atoms with E-state index in [-0.39, 0.29) is 12.5 Å². The first-order valence-electron chi connectivity index (χ1n) is 12.6. The quantitative estimate of drug-likeness (QED) is 0.167. The Morgan fingerprint density at radius 2 is 1.74 bits per heavy atom. The Morgan fingerprint density at radius 1 is 0.974 bits per heavy atom. The lowest BCUT2D eigenvalue weighted by Crippen LogP contribution is -2.12. The number of esters is 1. The molecule has 0 bridgehead atoms. The van der Waals surface area contributed by atoms with Crippen molar-refractivity contribution in [2.45, 2.75) is 27.4 Å². The summed E-state index contributed by atoms with van der Waals surface area (Å²) in [4.78, 5) is 25.6. The van der Waals surface area contributed by atoms with Gasteiger partial charge in [-0.2, -0.15) is 0 Å². The molecule has 7 heteroatoms. The molecule has 1 aromatic heterocycles. The van der Waals surface area contributed by atoms with Gasteiger partial charge in [0.25, 0.3) is 0 Å². The molecule has 0 saturated heterocycles. The predicted octanol–water partition coefficient (Wildman–Crippen LogP) is 7.45. The van der Waals surface area contributed by atoms with Crippen molar-refractivity contribution in [2.75, 3.05) is 19.0 Å². The van der Waals surface area contributed by atoms with Gasteiger partial charge in [-0.1, -0.05) is 60.2 Å². The number of methoxy groups -OCH3 is 1. The van der Waals surface area contributed by atoms with E-state index >= 15 is 0 Å². The molecule has 0 atom stereocenters. The van der Waals surface area contributed by atoms with Crippen LogP contribution in [0.4, 0.5) is 5.00 Å². The van der Waals surface area contributed by atoms with Gasteiger partial charge in [0.2, 0.25) is 5.91 Å². The van der Waals surface area contributed by atoms with Gasteiger partial charge < -0.3 is 19.5 Å². The first-order chi connectivity index (χ1) is 18.9. The second-order valence-electron chi connectivity index (χ2n) is 8.89. The lowest BCUT2D eigenvalue weighted by Gasteiger charge is -2.12. The molecule has 4 rings (SSSR count). The zero-order valence-corrected chi connectivity index (χ0v) is 23.3. The second-order valence-corrected chi connectivity index (χ2v) is 9.77. The van der Waals surface area contributed by atoms with Crippen LogP contribution in [0.1, 0.15) is 39.5 Å². The highest BCUT2D eigenvalue weighted by Gasteiger charge is 2.22. The topological polar surface area (TPSA) is 73.9 Å². The molecular weight excluding hydrogens is 510 g/mol. The molecule has 0 aliphatic carbocycles. The first-order valence-corrected chi connectivity index (χ1v) is 13.5. The highest BCUT2D eigenvalue weighted by molar-refractivity contribution is 7.15. The Morgan fingerprint density at radius 3 is 2.46 bits per heavy atom. The van der Waals surface area contributed by atoms with Gasteiger partial charge in [-0.15, -0.1) is 11.3 Å². The molecule has 0 saturated carbocycles. The fraction of sp³-hybridized carbons (Fsp3) is 0.188. The van der Waals surface area contributed by atoms with E-state index in [0.717, 1.165) is 33.4 Å². The fourth-order valence-corrected chi connectivity index (χ4v) is 4.92.